The lowest BCUT2D eigenvalue weighted by Gasteiger charge is -2.24. The Morgan fingerprint density at radius 3 is 2.20 bits per heavy atom. The predicted octanol–water partition coefficient (Wildman–Crippen LogP) is 4.09. The molecular weight excluding hydrogens is 400 g/mol. The number of ether oxygens (including phenoxy) is 1. The normalized spacial score (nSPS) is 11.0. The molecule has 156 valence electrons. The lowest BCUT2D eigenvalue weighted by molar-refractivity contribution is -0.114. The molecule has 3 rings (SSSR count). The van der Waals surface area contributed by atoms with Gasteiger partial charge in [-0.15, -0.1) is 0 Å². The highest BCUT2D eigenvalue weighted by Crippen LogP contribution is 2.25. The number of aryl methyl sites for hydroxylation is 1. The van der Waals surface area contributed by atoms with Crippen LogP contribution in [0.2, 0.25) is 0 Å². The molecule has 0 aliphatic rings. The van der Waals surface area contributed by atoms with Crippen molar-refractivity contribution in [1.29, 1.82) is 0 Å². The molecule has 0 heterocycles. The number of carbonyl (C=O) groups excluding carboxylic acids is 1. The van der Waals surface area contributed by atoms with E-state index in [-0.39, 0.29) is 11.4 Å². The second kappa shape index (κ2) is 9.45. The fraction of sp³-hybridized carbons (Fsp3) is 0.174. The molecule has 0 saturated heterocycles. The largest absolute Gasteiger partial charge is 0.497 e. The van der Waals surface area contributed by atoms with Crippen LogP contribution in [0.3, 0.4) is 0 Å². The summed E-state index contributed by atoms with van der Waals surface area (Å²) in [4.78, 5) is 12.9. The molecule has 0 aromatic heterocycles. The van der Waals surface area contributed by atoms with E-state index in [0.29, 0.717) is 17.1 Å². The Bertz CT molecular complexity index is 1100. The zero-order valence-corrected chi connectivity index (χ0v) is 17.7. The predicted molar refractivity (Wildman–Crippen MR) is 118 cm³/mol. The number of hydrogen-bond acceptors (Lipinski definition) is 4. The summed E-state index contributed by atoms with van der Waals surface area (Å²) < 4.78 is 32.9. The van der Waals surface area contributed by atoms with E-state index in [1.165, 1.54) is 19.2 Å². The van der Waals surface area contributed by atoms with Crippen LogP contribution in [0.4, 0.5) is 11.4 Å². The van der Waals surface area contributed by atoms with E-state index in [4.69, 9.17) is 4.74 Å². The van der Waals surface area contributed by atoms with Gasteiger partial charge in [-0.3, -0.25) is 9.10 Å². The topological polar surface area (TPSA) is 75.7 Å². The van der Waals surface area contributed by atoms with Gasteiger partial charge in [0.05, 0.1) is 17.7 Å². The Balaban J connectivity index is 1.92. The minimum atomic E-state index is -3.97. The Morgan fingerprint density at radius 1 is 0.933 bits per heavy atom. The van der Waals surface area contributed by atoms with Crippen LogP contribution < -0.4 is 14.4 Å². The van der Waals surface area contributed by atoms with Gasteiger partial charge in [0.15, 0.2) is 0 Å². The summed E-state index contributed by atoms with van der Waals surface area (Å²) in [5.74, 6) is 0.131. The van der Waals surface area contributed by atoms with E-state index in [2.05, 4.69) is 5.32 Å². The second-order valence-electron chi connectivity index (χ2n) is 6.58. The van der Waals surface area contributed by atoms with Crippen LogP contribution in [0.5, 0.6) is 5.75 Å². The molecule has 30 heavy (non-hydrogen) atoms. The first-order valence-corrected chi connectivity index (χ1v) is 11.0. The van der Waals surface area contributed by atoms with Crippen molar-refractivity contribution < 1.29 is 17.9 Å². The maximum absolute atomic E-state index is 13.3. The van der Waals surface area contributed by atoms with E-state index in [1.54, 1.807) is 42.5 Å². The number of rotatable bonds is 8. The molecule has 7 heteroatoms. The average molecular weight is 425 g/mol. The van der Waals surface area contributed by atoms with E-state index < -0.39 is 15.9 Å². The van der Waals surface area contributed by atoms with Gasteiger partial charge in [0.2, 0.25) is 5.91 Å². The molecule has 0 spiro atoms. The van der Waals surface area contributed by atoms with Gasteiger partial charge < -0.3 is 10.1 Å². The van der Waals surface area contributed by atoms with E-state index in [0.717, 1.165) is 16.3 Å². The summed E-state index contributed by atoms with van der Waals surface area (Å²) in [5.41, 5.74) is 2.07. The monoisotopic (exact) mass is 424 g/mol. The van der Waals surface area contributed by atoms with Crippen molar-refractivity contribution in [3.8, 4) is 5.75 Å². The first-order chi connectivity index (χ1) is 14.5. The Hall–Kier alpha value is -3.32. The van der Waals surface area contributed by atoms with Crippen LogP contribution in [0.15, 0.2) is 83.8 Å². The van der Waals surface area contributed by atoms with Crippen molar-refractivity contribution in [2.24, 2.45) is 0 Å². The SMILES string of the molecule is CCc1ccccc1NC(=O)CN(c1ccccc1)S(=O)(=O)c1ccc(OC)cc1. The smallest absolute Gasteiger partial charge is 0.264 e. The molecular formula is C23H24N2O4S. The first kappa shape index (κ1) is 21.4. The number of sulfonamides is 1. The van der Waals surface area contributed by atoms with Crippen LogP contribution in [0.25, 0.3) is 0 Å². The molecule has 0 atom stereocenters. The number of para-hydroxylation sites is 2. The number of benzene rings is 3. The van der Waals surface area contributed by atoms with Gasteiger partial charge in [0.1, 0.15) is 12.3 Å². The van der Waals surface area contributed by atoms with Crippen molar-refractivity contribution in [3.05, 3.63) is 84.4 Å². The number of hydrogen-bond donors (Lipinski definition) is 1. The van der Waals surface area contributed by atoms with E-state index >= 15 is 0 Å². The summed E-state index contributed by atoms with van der Waals surface area (Å²) in [6.07, 6.45) is 0.753. The molecule has 0 unspecified atom stereocenters. The molecule has 1 N–H and O–H groups in total. The van der Waals surface area contributed by atoms with Crippen molar-refractivity contribution in [2.45, 2.75) is 18.2 Å². The van der Waals surface area contributed by atoms with Crippen molar-refractivity contribution in [2.75, 3.05) is 23.3 Å². The van der Waals surface area contributed by atoms with Crippen LogP contribution in [-0.2, 0) is 21.2 Å². The molecule has 0 aliphatic carbocycles. The standard InChI is InChI=1S/C23H24N2O4S/c1-3-18-9-7-8-12-22(18)24-23(26)17-25(19-10-5-4-6-11-19)30(27,28)21-15-13-20(29-2)14-16-21/h4-16H,3,17H2,1-2H3,(H,24,26). The van der Waals surface area contributed by atoms with E-state index in [9.17, 15) is 13.2 Å². The molecule has 0 bridgehead atoms. The highest BCUT2D eigenvalue weighted by Gasteiger charge is 2.27. The fourth-order valence-electron chi connectivity index (χ4n) is 3.05. The Kier molecular flexibility index (Phi) is 6.74. The zero-order valence-electron chi connectivity index (χ0n) is 16.9. The number of anilines is 2. The quantitative estimate of drug-likeness (QED) is 0.591. The van der Waals surface area contributed by atoms with Gasteiger partial charge in [-0.2, -0.15) is 0 Å². The Morgan fingerprint density at radius 2 is 1.57 bits per heavy atom. The molecule has 0 saturated carbocycles. The molecule has 6 nitrogen and oxygen atoms in total. The molecule has 3 aromatic rings. The molecule has 0 fully saturated rings. The maximum atomic E-state index is 13.3. The number of amides is 1. The van der Waals surface area contributed by atoms with Crippen LogP contribution in [0.1, 0.15) is 12.5 Å². The van der Waals surface area contributed by atoms with Crippen LogP contribution in [-0.4, -0.2) is 28.0 Å². The molecule has 3 aromatic carbocycles. The molecule has 0 radical (unpaired) electrons. The number of nitrogens with one attached hydrogen (secondary N) is 1. The lowest BCUT2D eigenvalue weighted by atomic mass is 10.1. The third-order valence-corrected chi connectivity index (χ3v) is 6.44. The Labute approximate surface area is 177 Å². The zero-order chi connectivity index (χ0) is 21.6. The number of nitrogens with zero attached hydrogens (tertiary/aromatic N) is 1. The van der Waals surface area contributed by atoms with E-state index in [1.807, 2.05) is 31.2 Å². The van der Waals surface area contributed by atoms with Gasteiger partial charge in [0, 0.05) is 5.69 Å². The third-order valence-electron chi connectivity index (χ3n) is 4.65. The molecule has 1 amide bonds. The summed E-state index contributed by atoms with van der Waals surface area (Å²) in [6.45, 7) is 1.64. The van der Waals surface area contributed by atoms with Gasteiger partial charge in [-0.1, -0.05) is 43.3 Å². The highest BCUT2D eigenvalue weighted by molar-refractivity contribution is 7.92. The van der Waals surface area contributed by atoms with Crippen molar-refractivity contribution >= 4 is 27.3 Å². The summed E-state index contributed by atoms with van der Waals surface area (Å²) in [6, 6.07) is 22.1. The van der Waals surface area contributed by atoms with Gasteiger partial charge in [0.25, 0.3) is 10.0 Å². The van der Waals surface area contributed by atoms with Gasteiger partial charge >= 0.3 is 0 Å². The molecule has 0 aliphatic heterocycles. The minimum absolute atomic E-state index is 0.0777. The van der Waals surface area contributed by atoms with Crippen LogP contribution in [0, 0.1) is 0 Å². The summed E-state index contributed by atoms with van der Waals surface area (Å²) in [7, 11) is -2.45. The van der Waals surface area contributed by atoms with Gasteiger partial charge in [-0.05, 0) is 54.4 Å². The van der Waals surface area contributed by atoms with Crippen LogP contribution >= 0.6 is 0 Å². The van der Waals surface area contributed by atoms with Crippen molar-refractivity contribution in [1.82, 2.24) is 0 Å². The fourth-order valence-corrected chi connectivity index (χ4v) is 4.48. The lowest BCUT2D eigenvalue weighted by Crippen LogP contribution is -2.38. The summed E-state index contributed by atoms with van der Waals surface area (Å²) in [5, 5.41) is 2.84. The minimum Gasteiger partial charge on any atom is -0.497 e. The number of methoxy groups -OCH3 is 1. The summed E-state index contributed by atoms with van der Waals surface area (Å²) >= 11 is 0. The average Bonchev–Trinajstić information content (AvgIpc) is 2.78. The van der Waals surface area contributed by atoms with Crippen molar-refractivity contribution in [3.63, 3.8) is 0 Å². The highest BCUT2D eigenvalue weighted by atomic mass is 32.2. The number of carbonyl (C=O) groups is 1. The maximum Gasteiger partial charge on any atom is 0.264 e. The second-order valence-corrected chi connectivity index (χ2v) is 8.44. The van der Waals surface area contributed by atoms with Gasteiger partial charge in [-0.25, -0.2) is 8.42 Å². The first-order valence-electron chi connectivity index (χ1n) is 9.55. The third kappa shape index (κ3) is 4.80.